The Bertz CT molecular complexity index is 779. The number of hydrogen-bond acceptors (Lipinski definition) is 4. The second-order valence-electron chi connectivity index (χ2n) is 4.35. The summed E-state index contributed by atoms with van der Waals surface area (Å²) in [7, 11) is 0. The van der Waals surface area contributed by atoms with E-state index in [2.05, 4.69) is 10.3 Å². The number of aryl methyl sites for hydroxylation is 1. The van der Waals surface area contributed by atoms with Crippen molar-refractivity contribution in [2.24, 2.45) is 0 Å². The first-order chi connectivity index (χ1) is 9.90. The third-order valence-electron chi connectivity index (χ3n) is 2.81. The molecule has 0 saturated carbocycles. The summed E-state index contributed by atoms with van der Waals surface area (Å²) in [6.45, 7) is 1.67. The lowest BCUT2D eigenvalue weighted by molar-refractivity contribution is 0.0693. The Morgan fingerprint density at radius 1 is 1.14 bits per heavy atom. The van der Waals surface area contributed by atoms with Gasteiger partial charge < -0.3 is 20.5 Å². The lowest BCUT2D eigenvalue weighted by Gasteiger charge is -2.08. The molecule has 1 amide bonds. The van der Waals surface area contributed by atoms with Gasteiger partial charge in [0.15, 0.2) is 5.75 Å². The van der Waals surface area contributed by atoms with Crippen LogP contribution in [0.25, 0.3) is 0 Å². The number of aromatic carboxylic acids is 1. The summed E-state index contributed by atoms with van der Waals surface area (Å²) >= 11 is 0. The highest BCUT2D eigenvalue weighted by molar-refractivity contribution is 6.06. The topological polar surface area (TPSA) is 119 Å². The summed E-state index contributed by atoms with van der Waals surface area (Å²) in [5, 5.41) is 21.0. The van der Waals surface area contributed by atoms with Crippen LogP contribution in [0, 0.1) is 6.92 Å². The average molecular weight is 288 g/mol. The van der Waals surface area contributed by atoms with E-state index in [0.29, 0.717) is 5.69 Å². The van der Waals surface area contributed by atoms with E-state index in [9.17, 15) is 19.5 Å². The first-order valence-corrected chi connectivity index (χ1v) is 5.96. The Morgan fingerprint density at radius 3 is 2.48 bits per heavy atom. The number of aromatic nitrogens is 1. The molecule has 0 unspecified atom stereocenters. The Morgan fingerprint density at radius 2 is 1.86 bits per heavy atom. The maximum absolute atomic E-state index is 12.0. The van der Waals surface area contributed by atoms with E-state index in [1.54, 1.807) is 13.0 Å². The number of aromatic amines is 1. The van der Waals surface area contributed by atoms with Crippen LogP contribution in [0.15, 0.2) is 35.1 Å². The fraction of sp³-hybridized carbons (Fsp3) is 0.0714. The van der Waals surface area contributed by atoms with E-state index in [0.717, 1.165) is 0 Å². The number of anilines is 1. The van der Waals surface area contributed by atoms with Gasteiger partial charge in [-0.1, -0.05) is 6.07 Å². The number of carbonyl (C=O) groups excluding carboxylic acids is 1. The maximum atomic E-state index is 12.0. The number of benzene rings is 1. The number of nitrogens with one attached hydrogen (secondary N) is 2. The first kappa shape index (κ1) is 14.3. The van der Waals surface area contributed by atoms with Crippen molar-refractivity contribution in [2.45, 2.75) is 6.92 Å². The number of hydrogen-bond donors (Lipinski definition) is 4. The SMILES string of the molecule is Cc1ccc(C(=O)Nc2cccc(C(=O)O)c2O)c(=O)[nH]1. The molecule has 0 aliphatic heterocycles. The average Bonchev–Trinajstić information content (AvgIpc) is 2.40. The van der Waals surface area contributed by atoms with Crippen LogP contribution >= 0.6 is 0 Å². The smallest absolute Gasteiger partial charge is 0.339 e. The van der Waals surface area contributed by atoms with Gasteiger partial charge in [0.25, 0.3) is 11.5 Å². The zero-order chi connectivity index (χ0) is 15.6. The minimum absolute atomic E-state index is 0.0834. The fourth-order valence-electron chi connectivity index (χ4n) is 1.76. The standard InChI is InChI=1S/C14H12N2O5/c1-7-5-6-9(12(18)15-7)13(19)16-10-4-2-3-8(11(10)17)14(20)21/h2-6,17H,1H3,(H,15,18)(H,16,19)(H,20,21). The molecule has 7 heteroatoms. The summed E-state index contributed by atoms with van der Waals surface area (Å²) in [4.78, 5) is 37.0. The predicted molar refractivity (Wildman–Crippen MR) is 74.8 cm³/mol. The summed E-state index contributed by atoms with van der Waals surface area (Å²) in [5.41, 5.74) is -0.528. The van der Waals surface area contributed by atoms with Crippen molar-refractivity contribution in [1.82, 2.24) is 4.98 Å². The minimum Gasteiger partial charge on any atom is -0.505 e. The number of H-pyrrole nitrogens is 1. The largest absolute Gasteiger partial charge is 0.505 e. The Labute approximate surface area is 118 Å². The molecule has 1 heterocycles. The van der Waals surface area contributed by atoms with Gasteiger partial charge in [-0.2, -0.15) is 0 Å². The molecular weight excluding hydrogens is 276 g/mol. The van der Waals surface area contributed by atoms with Crippen LogP contribution in [-0.4, -0.2) is 27.1 Å². The molecule has 21 heavy (non-hydrogen) atoms. The molecule has 0 aliphatic rings. The molecule has 4 N–H and O–H groups in total. The molecular formula is C14H12N2O5. The van der Waals surface area contributed by atoms with Gasteiger partial charge in [-0.3, -0.25) is 9.59 Å². The van der Waals surface area contributed by atoms with Gasteiger partial charge in [-0.15, -0.1) is 0 Å². The minimum atomic E-state index is -1.32. The molecule has 1 aromatic heterocycles. The van der Waals surface area contributed by atoms with Gasteiger partial charge in [0.1, 0.15) is 11.1 Å². The lowest BCUT2D eigenvalue weighted by atomic mass is 10.1. The highest BCUT2D eigenvalue weighted by atomic mass is 16.4. The van der Waals surface area contributed by atoms with E-state index in [-0.39, 0.29) is 16.8 Å². The van der Waals surface area contributed by atoms with E-state index in [4.69, 9.17) is 5.11 Å². The van der Waals surface area contributed by atoms with Crippen molar-refractivity contribution in [2.75, 3.05) is 5.32 Å². The molecule has 7 nitrogen and oxygen atoms in total. The molecule has 0 spiro atoms. The van der Waals surface area contributed by atoms with Crippen molar-refractivity contribution in [3.05, 3.63) is 57.5 Å². The lowest BCUT2D eigenvalue weighted by Crippen LogP contribution is -2.23. The van der Waals surface area contributed by atoms with Gasteiger partial charge in [-0.25, -0.2) is 4.79 Å². The number of para-hydroxylation sites is 1. The number of phenols is 1. The highest BCUT2D eigenvalue weighted by Gasteiger charge is 2.16. The van der Waals surface area contributed by atoms with E-state index < -0.39 is 23.2 Å². The third kappa shape index (κ3) is 2.92. The van der Waals surface area contributed by atoms with Crippen LogP contribution in [-0.2, 0) is 0 Å². The zero-order valence-electron chi connectivity index (χ0n) is 11.0. The molecule has 0 saturated heterocycles. The van der Waals surface area contributed by atoms with Crippen molar-refractivity contribution in [3.8, 4) is 5.75 Å². The van der Waals surface area contributed by atoms with Crippen LogP contribution in [0.2, 0.25) is 0 Å². The van der Waals surface area contributed by atoms with Gasteiger partial charge in [-0.05, 0) is 31.2 Å². The van der Waals surface area contributed by atoms with E-state index >= 15 is 0 Å². The predicted octanol–water partition coefficient (Wildman–Crippen LogP) is 1.34. The number of carbonyl (C=O) groups is 2. The molecule has 0 aliphatic carbocycles. The van der Waals surface area contributed by atoms with Crippen molar-refractivity contribution in [1.29, 1.82) is 0 Å². The first-order valence-electron chi connectivity index (χ1n) is 5.96. The van der Waals surface area contributed by atoms with Crippen LogP contribution in [0.3, 0.4) is 0 Å². The number of carboxylic acid groups (broad SMARTS) is 1. The zero-order valence-corrected chi connectivity index (χ0v) is 11.0. The summed E-state index contributed by atoms with van der Waals surface area (Å²) in [6.07, 6.45) is 0. The van der Waals surface area contributed by atoms with Crippen LogP contribution in [0.4, 0.5) is 5.69 Å². The molecule has 0 bridgehead atoms. The number of carboxylic acids is 1. The van der Waals surface area contributed by atoms with E-state index in [1.165, 1.54) is 24.3 Å². The molecule has 2 aromatic rings. The summed E-state index contributed by atoms with van der Waals surface area (Å²) in [5.74, 6) is -2.63. The van der Waals surface area contributed by atoms with Crippen molar-refractivity contribution >= 4 is 17.6 Å². The summed E-state index contributed by atoms with van der Waals surface area (Å²) in [6, 6.07) is 6.82. The van der Waals surface area contributed by atoms with Crippen molar-refractivity contribution < 1.29 is 19.8 Å². The Hall–Kier alpha value is -3.09. The molecule has 0 atom stereocenters. The second kappa shape index (κ2) is 5.49. The molecule has 0 radical (unpaired) electrons. The normalized spacial score (nSPS) is 10.1. The Balaban J connectivity index is 2.34. The number of aromatic hydroxyl groups is 1. The second-order valence-corrected chi connectivity index (χ2v) is 4.35. The monoisotopic (exact) mass is 288 g/mol. The van der Waals surface area contributed by atoms with Gasteiger partial charge in [0, 0.05) is 5.69 Å². The van der Waals surface area contributed by atoms with Crippen LogP contribution < -0.4 is 10.9 Å². The van der Waals surface area contributed by atoms with E-state index in [1.807, 2.05) is 0 Å². The molecule has 0 fully saturated rings. The summed E-state index contributed by atoms with van der Waals surface area (Å²) < 4.78 is 0. The third-order valence-corrected chi connectivity index (χ3v) is 2.81. The Kier molecular flexibility index (Phi) is 3.75. The van der Waals surface area contributed by atoms with Crippen LogP contribution in [0.5, 0.6) is 5.75 Å². The van der Waals surface area contributed by atoms with Gasteiger partial charge in [0.2, 0.25) is 0 Å². The van der Waals surface area contributed by atoms with Gasteiger partial charge >= 0.3 is 5.97 Å². The number of pyridine rings is 1. The number of rotatable bonds is 3. The van der Waals surface area contributed by atoms with Crippen molar-refractivity contribution in [3.63, 3.8) is 0 Å². The quantitative estimate of drug-likeness (QED) is 0.635. The van der Waals surface area contributed by atoms with Gasteiger partial charge in [0.05, 0.1) is 5.69 Å². The fourth-order valence-corrected chi connectivity index (χ4v) is 1.76. The maximum Gasteiger partial charge on any atom is 0.339 e. The van der Waals surface area contributed by atoms with Crippen LogP contribution in [0.1, 0.15) is 26.4 Å². The molecule has 2 rings (SSSR count). The molecule has 108 valence electrons. The molecule has 1 aromatic carbocycles. The number of amides is 1. The highest BCUT2D eigenvalue weighted by Crippen LogP contribution is 2.27.